The van der Waals surface area contributed by atoms with E-state index in [2.05, 4.69) is 25.8 Å². The minimum absolute atomic E-state index is 0.00972. The van der Waals surface area contributed by atoms with Crippen LogP contribution >= 0.6 is 0 Å². The highest BCUT2D eigenvalue weighted by Gasteiger charge is 2.19. The van der Waals surface area contributed by atoms with Gasteiger partial charge in [0, 0.05) is 0 Å². The number of carbonyl (C=O) groups is 1. The van der Waals surface area contributed by atoms with Gasteiger partial charge in [-0.15, -0.1) is 5.10 Å². The summed E-state index contributed by atoms with van der Waals surface area (Å²) in [7, 11) is 0. The number of hydrogen-bond acceptors (Lipinski definition) is 6. The minimum Gasteiger partial charge on any atom is -0.328 e. The van der Waals surface area contributed by atoms with E-state index in [4.69, 9.17) is 4.52 Å². The van der Waals surface area contributed by atoms with Gasteiger partial charge in [-0.3, -0.25) is 4.79 Å². The molecule has 0 aliphatic heterocycles. The molecule has 1 amide bonds. The SMILES string of the molecule is O=C(Nc1ccccc1F)c1nc(-c2cn(-c3ccc(F)cc3)nn2)no1. The van der Waals surface area contributed by atoms with Crippen molar-refractivity contribution < 1.29 is 18.1 Å². The highest BCUT2D eigenvalue weighted by atomic mass is 19.1. The van der Waals surface area contributed by atoms with Gasteiger partial charge in [-0.2, -0.15) is 4.98 Å². The number of rotatable bonds is 4. The lowest BCUT2D eigenvalue weighted by Gasteiger charge is -2.02. The lowest BCUT2D eigenvalue weighted by Crippen LogP contribution is -2.13. The quantitative estimate of drug-likeness (QED) is 0.595. The Morgan fingerprint density at radius 3 is 2.63 bits per heavy atom. The Labute approximate surface area is 150 Å². The summed E-state index contributed by atoms with van der Waals surface area (Å²) < 4.78 is 32.9. The molecule has 0 bridgehead atoms. The maximum absolute atomic E-state index is 13.6. The van der Waals surface area contributed by atoms with Gasteiger partial charge in [0.2, 0.25) is 5.82 Å². The molecule has 0 saturated carbocycles. The van der Waals surface area contributed by atoms with Crippen molar-refractivity contribution in [2.75, 3.05) is 5.32 Å². The molecule has 0 aliphatic rings. The number of halogens is 2. The average molecular weight is 368 g/mol. The fraction of sp³-hybridized carbons (Fsp3) is 0. The number of aromatic nitrogens is 5. The zero-order valence-corrected chi connectivity index (χ0v) is 13.5. The number of nitrogens with one attached hydrogen (secondary N) is 1. The molecule has 0 saturated heterocycles. The Morgan fingerprint density at radius 2 is 1.85 bits per heavy atom. The molecule has 0 radical (unpaired) electrons. The molecule has 0 unspecified atom stereocenters. The maximum Gasteiger partial charge on any atom is 0.316 e. The van der Waals surface area contributed by atoms with Crippen LogP contribution in [0, 0.1) is 11.6 Å². The van der Waals surface area contributed by atoms with E-state index in [0.29, 0.717) is 5.69 Å². The van der Waals surface area contributed by atoms with E-state index in [0.717, 1.165) is 0 Å². The molecule has 8 nitrogen and oxygen atoms in total. The van der Waals surface area contributed by atoms with Gasteiger partial charge < -0.3 is 9.84 Å². The highest BCUT2D eigenvalue weighted by Crippen LogP contribution is 2.17. The minimum atomic E-state index is -0.759. The third kappa shape index (κ3) is 3.40. The van der Waals surface area contributed by atoms with Gasteiger partial charge in [-0.25, -0.2) is 13.5 Å². The predicted molar refractivity (Wildman–Crippen MR) is 89.0 cm³/mol. The van der Waals surface area contributed by atoms with Crippen molar-refractivity contribution in [2.24, 2.45) is 0 Å². The summed E-state index contributed by atoms with van der Waals surface area (Å²) in [6, 6.07) is 11.3. The second-order valence-corrected chi connectivity index (χ2v) is 5.38. The second-order valence-electron chi connectivity index (χ2n) is 5.38. The van der Waals surface area contributed by atoms with Crippen LogP contribution in [-0.2, 0) is 0 Å². The van der Waals surface area contributed by atoms with E-state index in [1.54, 1.807) is 6.07 Å². The van der Waals surface area contributed by atoms with Crippen LogP contribution in [0.2, 0.25) is 0 Å². The number of amides is 1. The molecule has 2 aromatic carbocycles. The summed E-state index contributed by atoms with van der Waals surface area (Å²) in [5.74, 6) is -2.05. The molecule has 27 heavy (non-hydrogen) atoms. The van der Waals surface area contributed by atoms with Crippen LogP contribution in [0.25, 0.3) is 17.2 Å². The third-order valence-electron chi connectivity index (χ3n) is 3.56. The van der Waals surface area contributed by atoms with E-state index in [-0.39, 0.29) is 28.9 Å². The molecule has 0 atom stereocenters. The van der Waals surface area contributed by atoms with Crippen molar-refractivity contribution >= 4 is 11.6 Å². The molecule has 0 spiro atoms. The van der Waals surface area contributed by atoms with Crippen LogP contribution in [0.1, 0.15) is 10.7 Å². The fourth-order valence-electron chi connectivity index (χ4n) is 2.24. The van der Waals surface area contributed by atoms with Crippen molar-refractivity contribution in [3.05, 3.63) is 72.3 Å². The molecule has 10 heteroatoms. The van der Waals surface area contributed by atoms with Gasteiger partial charge in [0.05, 0.1) is 17.6 Å². The van der Waals surface area contributed by atoms with Gasteiger partial charge in [-0.05, 0) is 36.4 Å². The van der Waals surface area contributed by atoms with Crippen LogP contribution in [0.4, 0.5) is 14.5 Å². The Balaban J connectivity index is 1.53. The van der Waals surface area contributed by atoms with E-state index in [1.165, 1.54) is 53.3 Å². The second kappa shape index (κ2) is 6.75. The first-order valence-corrected chi connectivity index (χ1v) is 7.68. The van der Waals surface area contributed by atoms with Crippen molar-refractivity contribution in [2.45, 2.75) is 0 Å². The molecule has 2 aromatic heterocycles. The van der Waals surface area contributed by atoms with Gasteiger partial charge in [0.1, 0.15) is 11.6 Å². The summed E-state index contributed by atoms with van der Waals surface area (Å²) in [6.07, 6.45) is 1.50. The lowest BCUT2D eigenvalue weighted by atomic mass is 10.3. The Morgan fingerprint density at radius 1 is 1.07 bits per heavy atom. The topological polar surface area (TPSA) is 98.7 Å². The lowest BCUT2D eigenvalue weighted by molar-refractivity contribution is 0.0981. The molecule has 4 aromatic rings. The highest BCUT2D eigenvalue weighted by molar-refractivity contribution is 6.01. The molecule has 2 heterocycles. The smallest absolute Gasteiger partial charge is 0.316 e. The number of hydrogen-bond donors (Lipinski definition) is 1. The van der Waals surface area contributed by atoms with Crippen LogP contribution in [0.15, 0.2) is 59.3 Å². The van der Waals surface area contributed by atoms with Crippen LogP contribution in [-0.4, -0.2) is 31.0 Å². The van der Waals surface area contributed by atoms with Crippen LogP contribution < -0.4 is 5.32 Å². The first kappa shape index (κ1) is 16.5. The number of nitrogens with zero attached hydrogens (tertiary/aromatic N) is 5. The zero-order chi connectivity index (χ0) is 18.8. The molecular formula is C17H10F2N6O2. The van der Waals surface area contributed by atoms with Gasteiger partial charge >= 0.3 is 11.8 Å². The molecule has 0 fully saturated rings. The van der Waals surface area contributed by atoms with Crippen molar-refractivity contribution in [1.82, 2.24) is 25.1 Å². The van der Waals surface area contributed by atoms with E-state index < -0.39 is 11.7 Å². The van der Waals surface area contributed by atoms with E-state index >= 15 is 0 Å². The summed E-state index contributed by atoms with van der Waals surface area (Å²) in [4.78, 5) is 16.1. The fourth-order valence-corrected chi connectivity index (χ4v) is 2.24. The van der Waals surface area contributed by atoms with Crippen LogP contribution in [0.5, 0.6) is 0 Å². The summed E-state index contributed by atoms with van der Waals surface area (Å²) >= 11 is 0. The van der Waals surface area contributed by atoms with Gasteiger partial charge in [-0.1, -0.05) is 22.5 Å². The average Bonchev–Trinajstić information content (AvgIpc) is 3.33. The first-order chi connectivity index (χ1) is 13.1. The number of para-hydroxylation sites is 1. The molecule has 1 N–H and O–H groups in total. The monoisotopic (exact) mass is 368 g/mol. The zero-order valence-electron chi connectivity index (χ0n) is 13.5. The first-order valence-electron chi connectivity index (χ1n) is 7.68. The molecule has 0 aliphatic carbocycles. The summed E-state index contributed by atoms with van der Waals surface area (Å²) in [5, 5.41) is 13.8. The molecular weight excluding hydrogens is 358 g/mol. The largest absolute Gasteiger partial charge is 0.328 e. The van der Waals surface area contributed by atoms with E-state index in [1.807, 2.05) is 0 Å². The Kier molecular flexibility index (Phi) is 4.13. The van der Waals surface area contributed by atoms with Crippen molar-refractivity contribution in [1.29, 1.82) is 0 Å². The Bertz CT molecular complexity index is 1110. The normalized spacial score (nSPS) is 10.7. The van der Waals surface area contributed by atoms with Gasteiger partial charge in [0.25, 0.3) is 0 Å². The number of carbonyl (C=O) groups excluding carboxylic acids is 1. The molecule has 4 rings (SSSR count). The van der Waals surface area contributed by atoms with Crippen molar-refractivity contribution in [3.8, 4) is 17.2 Å². The van der Waals surface area contributed by atoms with Crippen LogP contribution in [0.3, 0.4) is 0 Å². The Hall–Kier alpha value is -3.95. The molecule has 134 valence electrons. The number of anilines is 1. The third-order valence-corrected chi connectivity index (χ3v) is 3.56. The summed E-state index contributed by atoms with van der Waals surface area (Å²) in [5.41, 5.74) is 0.814. The van der Waals surface area contributed by atoms with Gasteiger partial charge in [0.15, 0.2) is 5.69 Å². The van der Waals surface area contributed by atoms with Crippen molar-refractivity contribution in [3.63, 3.8) is 0 Å². The number of benzene rings is 2. The summed E-state index contributed by atoms with van der Waals surface area (Å²) in [6.45, 7) is 0. The van der Waals surface area contributed by atoms with E-state index in [9.17, 15) is 13.6 Å². The standard InChI is InChI=1S/C17H10F2N6O2/c18-10-5-7-11(8-6-10)25-9-14(22-24-25)15-21-17(27-23-15)16(26)20-13-4-2-1-3-12(13)19/h1-9H,(H,20,26). The maximum atomic E-state index is 13.6. The predicted octanol–water partition coefficient (Wildman–Crippen LogP) is 2.85.